The third-order valence-electron chi connectivity index (χ3n) is 9.57. The van der Waals surface area contributed by atoms with Crippen molar-refractivity contribution < 1.29 is 18.3 Å². The number of aromatic nitrogens is 4. The van der Waals surface area contributed by atoms with Gasteiger partial charge in [0, 0.05) is 59.7 Å². The Morgan fingerprint density at radius 3 is 2.35 bits per heavy atom. The van der Waals surface area contributed by atoms with Crippen molar-refractivity contribution in [2.75, 3.05) is 23.3 Å². The first-order valence-electron chi connectivity index (χ1n) is 17.1. The molecule has 2 aliphatic rings. The van der Waals surface area contributed by atoms with E-state index < -0.39 is 21.7 Å². The molecule has 2 fully saturated rings. The summed E-state index contributed by atoms with van der Waals surface area (Å²) in [5.41, 5.74) is 3.82. The summed E-state index contributed by atoms with van der Waals surface area (Å²) in [5, 5.41) is 14.5. The number of pyridine rings is 1. The number of fused-ring (bicyclic) bond motifs is 1. The average molecular weight is 674 g/mol. The minimum absolute atomic E-state index is 0.0489. The molecule has 256 valence electrons. The van der Waals surface area contributed by atoms with Gasteiger partial charge in [-0.1, -0.05) is 31.0 Å². The molecular formula is C36H47N7O4S. The summed E-state index contributed by atoms with van der Waals surface area (Å²) < 4.78 is 29.9. The summed E-state index contributed by atoms with van der Waals surface area (Å²) in [4.78, 5) is 30.6. The summed E-state index contributed by atoms with van der Waals surface area (Å²) in [6.45, 7) is 11.6. The van der Waals surface area contributed by atoms with E-state index >= 15 is 0 Å². The van der Waals surface area contributed by atoms with Crippen LogP contribution in [-0.2, 0) is 16.4 Å². The second-order valence-corrected chi connectivity index (χ2v) is 15.9. The Labute approximate surface area is 283 Å². The normalized spacial score (nSPS) is 18.7. The number of aryl methyl sites for hydroxylation is 2. The fraction of sp³-hybridized carbons (Fsp3) is 0.500. The number of carboxylic acid groups (broad SMARTS) is 1. The number of nitrogens with one attached hydrogen (secondary N) is 1. The molecule has 0 bridgehead atoms. The molecule has 1 aliphatic heterocycles. The van der Waals surface area contributed by atoms with Crippen LogP contribution in [0.5, 0.6) is 0 Å². The molecule has 12 heteroatoms. The zero-order valence-electron chi connectivity index (χ0n) is 28.6. The third-order valence-corrected chi connectivity index (χ3v) is 11.3. The molecule has 4 heterocycles. The van der Waals surface area contributed by atoms with E-state index in [9.17, 15) is 18.3 Å². The lowest BCUT2D eigenvalue weighted by Gasteiger charge is -2.43. The zero-order chi connectivity index (χ0) is 34.2. The van der Waals surface area contributed by atoms with Gasteiger partial charge in [-0.2, -0.15) is 0 Å². The first kappa shape index (κ1) is 33.7. The van der Waals surface area contributed by atoms with Gasteiger partial charge in [0.2, 0.25) is 5.95 Å². The second-order valence-electron chi connectivity index (χ2n) is 14.2. The molecular weight excluding hydrogens is 627 g/mol. The zero-order valence-corrected chi connectivity index (χ0v) is 29.4. The maximum atomic E-state index is 14.2. The lowest BCUT2D eigenvalue weighted by atomic mass is 9.87. The standard InChI is InChI=1S/C36H47N7O4S/c1-6-9-27-22-29-32(39-25-12-14-26(15-13-25)42(35(44)45)36(3,4)5)30(31-18-19-37-34(40-31)41-20-7-8-21-41)23-38-33(29)43(27)48(46,47)28-16-10-24(2)11-17-28/h10-11,16-19,22-23,25-26H,6-9,12-15,20-21H2,1-5H3,(H,38,39)(H,44,45). The molecule has 3 aromatic heterocycles. The van der Waals surface area contributed by atoms with Gasteiger partial charge in [-0.05, 0) is 96.9 Å². The van der Waals surface area contributed by atoms with Gasteiger partial charge in [0.15, 0.2) is 5.65 Å². The fourth-order valence-corrected chi connectivity index (χ4v) is 8.80. The number of anilines is 2. The number of amides is 1. The molecule has 0 unspecified atom stereocenters. The summed E-state index contributed by atoms with van der Waals surface area (Å²) in [5.74, 6) is 0.679. The van der Waals surface area contributed by atoms with Crippen LogP contribution in [-0.4, -0.2) is 74.2 Å². The molecule has 1 amide bonds. The van der Waals surface area contributed by atoms with Gasteiger partial charge in [0.25, 0.3) is 10.0 Å². The maximum absolute atomic E-state index is 14.2. The van der Waals surface area contributed by atoms with E-state index in [1.165, 1.54) is 3.97 Å². The lowest BCUT2D eigenvalue weighted by molar-refractivity contribution is 0.0557. The lowest BCUT2D eigenvalue weighted by Crippen LogP contribution is -2.52. The van der Waals surface area contributed by atoms with Crippen LogP contribution in [0.2, 0.25) is 0 Å². The monoisotopic (exact) mass is 673 g/mol. The highest BCUT2D eigenvalue weighted by atomic mass is 32.2. The molecule has 0 radical (unpaired) electrons. The van der Waals surface area contributed by atoms with Gasteiger partial charge in [0.1, 0.15) is 0 Å². The Bertz CT molecular complexity index is 1890. The molecule has 1 aromatic carbocycles. The van der Waals surface area contributed by atoms with E-state index in [0.717, 1.165) is 80.2 Å². The summed E-state index contributed by atoms with van der Waals surface area (Å²) in [7, 11) is -3.94. The predicted octanol–water partition coefficient (Wildman–Crippen LogP) is 7.09. The van der Waals surface area contributed by atoms with Crippen LogP contribution in [0.1, 0.15) is 83.9 Å². The van der Waals surface area contributed by atoms with E-state index in [4.69, 9.17) is 9.97 Å². The number of nitrogens with zero attached hydrogens (tertiary/aromatic N) is 6. The smallest absolute Gasteiger partial charge is 0.407 e. The molecule has 1 saturated carbocycles. The van der Waals surface area contributed by atoms with Crippen molar-refractivity contribution in [3.63, 3.8) is 0 Å². The van der Waals surface area contributed by atoms with Crippen molar-refractivity contribution in [3.8, 4) is 11.3 Å². The molecule has 0 spiro atoms. The number of rotatable bonds is 9. The highest BCUT2D eigenvalue weighted by molar-refractivity contribution is 7.90. The average Bonchev–Trinajstić information content (AvgIpc) is 3.71. The Kier molecular flexibility index (Phi) is 9.39. The van der Waals surface area contributed by atoms with Crippen molar-refractivity contribution in [3.05, 3.63) is 60.0 Å². The molecule has 0 atom stereocenters. The van der Waals surface area contributed by atoms with Crippen molar-refractivity contribution in [2.45, 2.75) is 109 Å². The molecule has 6 rings (SSSR count). The molecule has 11 nitrogen and oxygen atoms in total. The van der Waals surface area contributed by atoms with E-state index in [1.807, 2.05) is 58.9 Å². The van der Waals surface area contributed by atoms with Crippen LogP contribution in [0.15, 0.2) is 53.7 Å². The van der Waals surface area contributed by atoms with Gasteiger partial charge >= 0.3 is 6.09 Å². The number of hydrogen-bond acceptors (Lipinski definition) is 8. The van der Waals surface area contributed by atoms with Crippen LogP contribution in [0, 0.1) is 6.92 Å². The molecule has 4 aromatic rings. The van der Waals surface area contributed by atoms with Crippen molar-refractivity contribution in [2.24, 2.45) is 0 Å². The first-order chi connectivity index (χ1) is 22.9. The maximum Gasteiger partial charge on any atom is 0.407 e. The van der Waals surface area contributed by atoms with Crippen LogP contribution < -0.4 is 10.2 Å². The molecule has 1 saturated heterocycles. The van der Waals surface area contributed by atoms with Crippen molar-refractivity contribution in [1.82, 2.24) is 23.8 Å². The van der Waals surface area contributed by atoms with Crippen LogP contribution in [0.25, 0.3) is 22.3 Å². The van der Waals surface area contributed by atoms with Gasteiger partial charge in [0.05, 0.1) is 16.3 Å². The van der Waals surface area contributed by atoms with Crippen LogP contribution in [0.4, 0.5) is 16.4 Å². The van der Waals surface area contributed by atoms with E-state index in [0.29, 0.717) is 29.4 Å². The molecule has 1 aliphatic carbocycles. The Morgan fingerprint density at radius 2 is 1.73 bits per heavy atom. The molecule has 48 heavy (non-hydrogen) atoms. The fourth-order valence-electron chi connectivity index (χ4n) is 7.28. The van der Waals surface area contributed by atoms with Gasteiger partial charge in [-0.3, -0.25) is 0 Å². The Hall–Kier alpha value is -4.19. The quantitative estimate of drug-likeness (QED) is 0.191. The predicted molar refractivity (Wildman–Crippen MR) is 189 cm³/mol. The van der Waals surface area contributed by atoms with E-state index in [1.54, 1.807) is 29.4 Å². The highest BCUT2D eigenvalue weighted by Gasteiger charge is 2.36. The third kappa shape index (κ3) is 6.59. The van der Waals surface area contributed by atoms with E-state index in [-0.39, 0.29) is 17.0 Å². The summed E-state index contributed by atoms with van der Waals surface area (Å²) >= 11 is 0. The van der Waals surface area contributed by atoms with Crippen LogP contribution in [0.3, 0.4) is 0 Å². The van der Waals surface area contributed by atoms with Gasteiger partial charge in [-0.15, -0.1) is 0 Å². The van der Waals surface area contributed by atoms with E-state index in [2.05, 4.69) is 15.2 Å². The number of hydrogen-bond donors (Lipinski definition) is 2. The minimum Gasteiger partial charge on any atom is -0.465 e. The largest absolute Gasteiger partial charge is 0.465 e. The SMILES string of the molecule is CCCc1cc2c(NC3CCC(N(C(=O)O)C(C)(C)C)CC3)c(-c3ccnc(N4CCCC4)n3)cnc2n1S(=O)(=O)c1ccc(C)cc1. The summed E-state index contributed by atoms with van der Waals surface area (Å²) in [6.07, 6.45) is 9.12. The minimum atomic E-state index is -3.94. The Balaban J connectivity index is 1.45. The van der Waals surface area contributed by atoms with Crippen molar-refractivity contribution in [1.29, 1.82) is 0 Å². The topological polar surface area (TPSA) is 134 Å². The highest BCUT2D eigenvalue weighted by Crippen LogP contribution is 2.39. The first-order valence-corrected chi connectivity index (χ1v) is 18.5. The van der Waals surface area contributed by atoms with Crippen molar-refractivity contribution >= 4 is 38.8 Å². The summed E-state index contributed by atoms with van der Waals surface area (Å²) in [6, 6.07) is 10.7. The second kappa shape index (κ2) is 13.4. The van der Waals surface area contributed by atoms with Crippen LogP contribution >= 0.6 is 0 Å². The van der Waals surface area contributed by atoms with Gasteiger partial charge in [-0.25, -0.2) is 32.1 Å². The van der Waals surface area contributed by atoms with Gasteiger partial charge < -0.3 is 20.2 Å². The Morgan fingerprint density at radius 1 is 1.04 bits per heavy atom. The number of benzene rings is 1. The molecule has 2 N–H and O–H groups in total. The number of carbonyl (C=O) groups is 1.